The Morgan fingerprint density at radius 3 is 2.28 bits per heavy atom. The van der Waals surface area contributed by atoms with E-state index in [4.69, 9.17) is 19.2 Å². The van der Waals surface area contributed by atoms with E-state index >= 15 is 0 Å². The highest BCUT2D eigenvalue weighted by atomic mass is 16.5. The number of hydrogen-bond donors (Lipinski definition) is 0. The Morgan fingerprint density at radius 2 is 1.62 bits per heavy atom. The van der Waals surface area contributed by atoms with Crippen LogP contribution in [0.3, 0.4) is 0 Å². The SMILES string of the molecule is COc1cc2nc(N3CCN(CC=Cc4ccccc4)CC3)cc(C)c2c(OC)c1OC. The molecule has 0 bridgehead atoms. The Labute approximate surface area is 190 Å². The molecular formula is C26H31N3O3. The summed E-state index contributed by atoms with van der Waals surface area (Å²) in [6.07, 6.45) is 4.44. The van der Waals surface area contributed by atoms with Crippen LogP contribution in [0.5, 0.6) is 17.2 Å². The fourth-order valence-electron chi connectivity index (χ4n) is 4.26. The number of anilines is 1. The Kier molecular flexibility index (Phi) is 6.81. The lowest BCUT2D eigenvalue weighted by Crippen LogP contribution is -2.46. The quantitative estimate of drug-likeness (QED) is 0.550. The predicted molar refractivity (Wildman–Crippen MR) is 130 cm³/mol. The second kappa shape index (κ2) is 9.92. The molecule has 1 saturated heterocycles. The van der Waals surface area contributed by atoms with Crippen molar-refractivity contribution in [2.75, 3.05) is 59.0 Å². The highest BCUT2D eigenvalue weighted by Gasteiger charge is 2.22. The van der Waals surface area contributed by atoms with Crippen LogP contribution < -0.4 is 19.1 Å². The monoisotopic (exact) mass is 433 g/mol. The number of piperazine rings is 1. The molecule has 6 nitrogen and oxygen atoms in total. The molecule has 1 aliphatic rings. The maximum Gasteiger partial charge on any atom is 0.204 e. The molecule has 6 heteroatoms. The number of methoxy groups -OCH3 is 3. The zero-order chi connectivity index (χ0) is 22.5. The third-order valence-electron chi connectivity index (χ3n) is 5.95. The van der Waals surface area contributed by atoms with Crippen molar-refractivity contribution in [3.8, 4) is 17.2 Å². The van der Waals surface area contributed by atoms with E-state index in [0.29, 0.717) is 17.2 Å². The number of benzene rings is 2. The number of hydrogen-bond acceptors (Lipinski definition) is 6. The lowest BCUT2D eigenvalue weighted by Gasteiger charge is -2.35. The molecule has 0 amide bonds. The molecule has 0 saturated carbocycles. The summed E-state index contributed by atoms with van der Waals surface area (Å²) in [5, 5.41) is 0.957. The van der Waals surface area contributed by atoms with Gasteiger partial charge in [0.25, 0.3) is 0 Å². The zero-order valence-electron chi connectivity index (χ0n) is 19.3. The average molecular weight is 434 g/mol. The first-order chi connectivity index (χ1) is 15.6. The number of pyridine rings is 1. The maximum atomic E-state index is 5.67. The van der Waals surface area contributed by atoms with E-state index in [-0.39, 0.29) is 0 Å². The van der Waals surface area contributed by atoms with Crippen LogP contribution in [-0.2, 0) is 0 Å². The fourth-order valence-corrected chi connectivity index (χ4v) is 4.26. The first-order valence-electron chi connectivity index (χ1n) is 10.9. The van der Waals surface area contributed by atoms with E-state index in [2.05, 4.69) is 59.2 Å². The van der Waals surface area contributed by atoms with E-state index in [1.165, 1.54) is 5.56 Å². The molecule has 3 aromatic rings. The van der Waals surface area contributed by atoms with Gasteiger partial charge in [-0.2, -0.15) is 0 Å². The molecule has 0 spiro atoms. The molecule has 168 valence electrons. The van der Waals surface area contributed by atoms with E-state index in [9.17, 15) is 0 Å². The lowest BCUT2D eigenvalue weighted by atomic mass is 10.1. The molecule has 0 atom stereocenters. The van der Waals surface area contributed by atoms with Gasteiger partial charge in [-0.15, -0.1) is 0 Å². The van der Waals surface area contributed by atoms with E-state index in [1.54, 1.807) is 21.3 Å². The average Bonchev–Trinajstić information content (AvgIpc) is 2.83. The minimum Gasteiger partial charge on any atom is -0.493 e. The van der Waals surface area contributed by atoms with Crippen LogP contribution in [0.25, 0.3) is 17.0 Å². The van der Waals surface area contributed by atoms with Crippen molar-refractivity contribution in [3.05, 3.63) is 59.7 Å². The number of aryl methyl sites for hydroxylation is 1. The van der Waals surface area contributed by atoms with Crippen molar-refractivity contribution in [3.63, 3.8) is 0 Å². The summed E-state index contributed by atoms with van der Waals surface area (Å²) in [5.74, 6) is 2.87. The third kappa shape index (κ3) is 4.50. The van der Waals surface area contributed by atoms with Gasteiger partial charge in [-0.1, -0.05) is 42.5 Å². The third-order valence-corrected chi connectivity index (χ3v) is 5.95. The van der Waals surface area contributed by atoms with E-state index in [1.807, 2.05) is 12.1 Å². The van der Waals surface area contributed by atoms with Crippen molar-refractivity contribution in [2.24, 2.45) is 0 Å². The Balaban J connectivity index is 1.49. The van der Waals surface area contributed by atoms with Crippen LogP contribution in [0.4, 0.5) is 5.82 Å². The number of nitrogens with zero attached hydrogens (tertiary/aromatic N) is 3. The summed E-state index contributed by atoms with van der Waals surface area (Å²) in [6.45, 7) is 6.96. The molecular weight excluding hydrogens is 402 g/mol. The van der Waals surface area contributed by atoms with Gasteiger partial charge in [-0.25, -0.2) is 4.98 Å². The summed E-state index contributed by atoms with van der Waals surface area (Å²) in [4.78, 5) is 9.78. The van der Waals surface area contributed by atoms with Gasteiger partial charge in [0.2, 0.25) is 5.75 Å². The highest BCUT2D eigenvalue weighted by Crippen LogP contribution is 2.44. The highest BCUT2D eigenvalue weighted by molar-refractivity contribution is 5.94. The van der Waals surface area contributed by atoms with Crippen molar-refractivity contribution in [1.82, 2.24) is 9.88 Å². The van der Waals surface area contributed by atoms with Gasteiger partial charge in [-0.3, -0.25) is 4.90 Å². The van der Waals surface area contributed by atoms with E-state index in [0.717, 1.165) is 55.0 Å². The molecule has 0 radical (unpaired) electrons. The molecule has 1 aliphatic heterocycles. The van der Waals surface area contributed by atoms with Gasteiger partial charge in [0, 0.05) is 44.2 Å². The minimum absolute atomic E-state index is 0.595. The largest absolute Gasteiger partial charge is 0.493 e. The predicted octanol–water partition coefficient (Wildman–Crippen LogP) is 4.40. The normalized spacial score (nSPS) is 14.8. The van der Waals surface area contributed by atoms with Gasteiger partial charge in [0.1, 0.15) is 5.82 Å². The second-order valence-electron chi connectivity index (χ2n) is 7.94. The van der Waals surface area contributed by atoms with Gasteiger partial charge < -0.3 is 19.1 Å². The molecule has 32 heavy (non-hydrogen) atoms. The number of rotatable bonds is 7. The van der Waals surface area contributed by atoms with Crippen molar-refractivity contribution < 1.29 is 14.2 Å². The summed E-state index contributed by atoms with van der Waals surface area (Å²) in [6, 6.07) is 14.5. The standard InChI is InChI=1S/C26H31N3O3/c1-19-17-23(27-21-18-22(30-2)25(31-3)26(32-4)24(19)21)29-15-13-28(14-16-29)12-8-11-20-9-6-5-7-10-20/h5-11,17-18H,12-16H2,1-4H3. The summed E-state index contributed by atoms with van der Waals surface area (Å²) in [5.41, 5.74) is 3.20. The van der Waals surface area contributed by atoms with Gasteiger partial charge in [0.05, 0.1) is 26.8 Å². The summed E-state index contributed by atoms with van der Waals surface area (Å²) < 4.78 is 16.7. The summed E-state index contributed by atoms with van der Waals surface area (Å²) >= 11 is 0. The van der Waals surface area contributed by atoms with Crippen LogP contribution in [0.2, 0.25) is 0 Å². The van der Waals surface area contributed by atoms with Gasteiger partial charge in [-0.05, 0) is 24.1 Å². The van der Waals surface area contributed by atoms with Crippen LogP contribution in [0, 0.1) is 6.92 Å². The number of aromatic nitrogens is 1. The first kappa shape index (κ1) is 22.0. The molecule has 0 unspecified atom stereocenters. The Morgan fingerprint density at radius 1 is 0.906 bits per heavy atom. The van der Waals surface area contributed by atoms with Gasteiger partial charge >= 0.3 is 0 Å². The Hall–Kier alpha value is -3.25. The van der Waals surface area contributed by atoms with Crippen LogP contribution >= 0.6 is 0 Å². The van der Waals surface area contributed by atoms with Gasteiger partial charge in [0.15, 0.2) is 11.5 Å². The lowest BCUT2D eigenvalue weighted by molar-refractivity contribution is 0.284. The molecule has 1 aromatic heterocycles. The minimum atomic E-state index is 0.595. The molecule has 1 fully saturated rings. The van der Waals surface area contributed by atoms with Crippen molar-refractivity contribution in [2.45, 2.75) is 6.92 Å². The molecule has 4 rings (SSSR count). The van der Waals surface area contributed by atoms with E-state index < -0.39 is 0 Å². The smallest absolute Gasteiger partial charge is 0.204 e. The number of fused-ring (bicyclic) bond motifs is 1. The van der Waals surface area contributed by atoms with Crippen LogP contribution in [-0.4, -0.2) is 63.9 Å². The molecule has 2 heterocycles. The van der Waals surface area contributed by atoms with Crippen LogP contribution in [0.1, 0.15) is 11.1 Å². The van der Waals surface area contributed by atoms with Crippen molar-refractivity contribution >= 4 is 22.8 Å². The molecule has 0 N–H and O–H groups in total. The van der Waals surface area contributed by atoms with Crippen molar-refractivity contribution in [1.29, 1.82) is 0 Å². The fraction of sp³-hybridized carbons (Fsp3) is 0.346. The topological polar surface area (TPSA) is 47.1 Å². The zero-order valence-corrected chi connectivity index (χ0v) is 19.3. The van der Waals surface area contributed by atoms with Crippen LogP contribution in [0.15, 0.2) is 48.5 Å². The molecule has 0 aliphatic carbocycles. The maximum absolute atomic E-state index is 5.67. The summed E-state index contributed by atoms with van der Waals surface area (Å²) in [7, 11) is 4.90. The Bertz CT molecular complexity index is 1090. The molecule has 2 aromatic carbocycles. The number of ether oxygens (including phenoxy) is 3. The first-order valence-corrected chi connectivity index (χ1v) is 10.9. The second-order valence-corrected chi connectivity index (χ2v) is 7.94.